The molecule has 0 unspecified atom stereocenters. The Kier molecular flexibility index (Phi) is 7.03. The number of rotatable bonds is 5. The summed E-state index contributed by atoms with van der Waals surface area (Å²) in [6.45, 7) is 0. The third kappa shape index (κ3) is 4.11. The maximum atomic E-state index is 10.5. The summed E-state index contributed by atoms with van der Waals surface area (Å²) < 4.78 is 15.3. The maximum Gasteiger partial charge on any atom is 1.00 e. The molecule has 0 bridgehead atoms. The van der Waals surface area contributed by atoms with Crippen LogP contribution in [0.1, 0.15) is 5.56 Å². The Morgan fingerprint density at radius 1 is 1.12 bits per heavy atom. The summed E-state index contributed by atoms with van der Waals surface area (Å²) in [6, 6.07) is 3.16. The molecule has 1 aromatic rings. The van der Waals surface area contributed by atoms with E-state index in [4.69, 9.17) is 14.2 Å². The molecule has 0 atom stereocenters. The predicted molar refractivity (Wildman–Crippen MR) is 54.8 cm³/mol. The predicted octanol–water partition coefficient (Wildman–Crippen LogP) is -2.99. The van der Waals surface area contributed by atoms with Gasteiger partial charge < -0.3 is 24.1 Å². The second kappa shape index (κ2) is 7.42. The fourth-order valence-corrected chi connectivity index (χ4v) is 1.40. The largest absolute Gasteiger partial charge is 1.00 e. The number of hydrogen-bond donors (Lipinski definition) is 0. The van der Waals surface area contributed by atoms with Gasteiger partial charge in [0.05, 0.1) is 21.3 Å². The molecule has 0 N–H and O–H groups in total. The van der Waals surface area contributed by atoms with E-state index >= 15 is 0 Å². The van der Waals surface area contributed by atoms with Crippen molar-refractivity contribution in [3.05, 3.63) is 17.7 Å². The quantitative estimate of drug-likeness (QED) is 0.520. The van der Waals surface area contributed by atoms with E-state index < -0.39 is 5.97 Å². The molecule has 88 valence electrons. The van der Waals surface area contributed by atoms with Crippen molar-refractivity contribution in [1.29, 1.82) is 0 Å². The van der Waals surface area contributed by atoms with E-state index in [1.807, 2.05) is 0 Å². The smallest absolute Gasteiger partial charge is 0.550 e. The monoisotopic (exact) mass is 248 g/mol. The molecule has 17 heavy (non-hydrogen) atoms. The number of hydrogen-bond acceptors (Lipinski definition) is 5. The van der Waals surface area contributed by atoms with Crippen LogP contribution in [0.25, 0.3) is 0 Å². The Bertz CT molecular complexity index is 366. The van der Waals surface area contributed by atoms with Crippen molar-refractivity contribution in [2.75, 3.05) is 21.3 Å². The van der Waals surface area contributed by atoms with E-state index in [0.717, 1.165) is 0 Å². The normalized spacial score (nSPS) is 9.12. The summed E-state index contributed by atoms with van der Waals surface area (Å²) in [7, 11) is 4.43. The minimum atomic E-state index is -1.16. The van der Waals surface area contributed by atoms with E-state index in [1.54, 1.807) is 12.1 Å². The van der Waals surface area contributed by atoms with Gasteiger partial charge in [0.15, 0.2) is 11.5 Å². The third-order valence-corrected chi connectivity index (χ3v) is 2.07. The first-order valence-electron chi connectivity index (χ1n) is 4.61. The average Bonchev–Trinajstić information content (AvgIpc) is 2.26. The summed E-state index contributed by atoms with van der Waals surface area (Å²) in [5, 5.41) is 10.5. The SMILES string of the molecule is COc1cc(CC(=O)[O-])cc(OC)c1OC.[Na+]. The van der Waals surface area contributed by atoms with Gasteiger partial charge in [-0.2, -0.15) is 0 Å². The van der Waals surface area contributed by atoms with Gasteiger partial charge in [-0.1, -0.05) is 0 Å². The molecule has 0 amide bonds. The van der Waals surface area contributed by atoms with Gasteiger partial charge in [0.25, 0.3) is 0 Å². The summed E-state index contributed by atoms with van der Waals surface area (Å²) >= 11 is 0. The van der Waals surface area contributed by atoms with Crippen LogP contribution in [0.5, 0.6) is 17.2 Å². The van der Waals surface area contributed by atoms with Crippen LogP contribution in [0.3, 0.4) is 0 Å². The molecule has 0 spiro atoms. The second-order valence-corrected chi connectivity index (χ2v) is 3.08. The second-order valence-electron chi connectivity index (χ2n) is 3.08. The molecule has 6 heteroatoms. The molecular formula is C11H13NaO5. The number of benzene rings is 1. The zero-order chi connectivity index (χ0) is 12.1. The van der Waals surface area contributed by atoms with E-state index in [9.17, 15) is 9.90 Å². The third-order valence-electron chi connectivity index (χ3n) is 2.07. The van der Waals surface area contributed by atoms with E-state index in [0.29, 0.717) is 22.8 Å². The number of methoxy groups -OCH3 is 3. The van der Waals surface area contributed by atoms with Crippen LogP contribution in [-0.4, -0.2) is 27.3 Å². The molecule has 0 radical (unpaired) electrons. The minimum absolute atomic E-state index is 0. The van der Waals surface area contributed by atoms with Crippen LogP contribution >= 0.6 is 0 Å². The molecule has 0 heterocycles. The Morgan fingerprint density at radius 3 is 1.88 bits per heavy atom. The van der Waals surface area contributed by atoms with Crippen LogP contribution in [0.4, 0.5) is 0 Å². The number of carbonyl (C=O) groups is 1. The van der Waals surface area contributed by atoms with Gasteiger partial charge in [0, 0.05) is 12.4 Å². The van der Waals surface area contributed by atoms with Gasteiger partial charge in [0.1, 0.15) is 0 Å². The van der Waals surface area contributed by atoms with E-state index in [-0.39, 0.29) is 36.0 Å². The molecule has 0 aromatic heterocycles. The number of carbonyl (C=O) groups excluding carboxylic acids is 1. The molecule has 0 saturated heterocycles. The molecule has 0 saturated carbocycles. The van der Waals surface area contributed by atoms with E-state index in [1.165, 1.54) is 21.3 Å². The van der Waals surface area contributed by atoms with Gasteiger partial charge in [0.2, 0.25) is 5.75 Å². The molecule has 0 fully saturated rings. The van der Waals surface area contributed by atoms with Crippen molar-refractivity contribution in [3.63, 3.8) is 0 Å². The van der Waals surface area contributed by atoms with E-state index in [2.05, 4.69) is 0 Å². The zero-order valence-electron chi connectivity index (χ0n) is 10.4. The number of carboxylic acid groups (broad SMARTS) is 1. The van der Waals surface area contributed by atoms with Crippen molar-refractivity contribution in [2.24, 2.45) is 0 Å². The summed E-state index contributed by atoms with van der Waals surface area (Å²) in [5.41, 5.74) is 0.537. The van der Waals surface area contributed by atoms with Crippen LogP contribution in [-0.2, 0) is 11.2 Å². The number of aliphatic carboxylic acids is 1. The number of ether oxygens (including phenoxy) is 3. The van der Waals surface area contributed by atoms with Gasteiger partial charge in [-0.25, -0.2) is 0 Å². The van der Waals surface area contributed by atoms with Crippen LogP contribution in [0, 0.1) is 0 Å². The van der Waals surface area contributed by atoms with Crippen molar-refractivity contribution >= 4 is 5.97 Å². The summed E-state index contributed by atoms with van der Waals surface area (Å²) in [6.07, 6.45) is -0.198. The minimum Gasteiger partial charge on any atom is -0.550 e. The summed E-state index contributed by atoms with van der Waals surface area (Å²) in [5.74, 6) is 0.137. The van der Waals surface area contributed by atoms with Gasteiger partial charge in [-0.05, 0) is 17.7 Å². The standard InChI is InChI=1S/C11H14O5.Na/c1-14-8-4-7(6-10(12)13)5-9(15-2)11(8)16-3;/h4-5H,6H2,1-3H3,(H,12,13);/q;+1/p-1. The van der Waals surface area contributed by atoms with Gasteiger partial charge in [-0.3, -0.25) is 0 Å². The first-order chi connectivity index (χ1) is 7.62. The maximum absolute atomic E-state index is 10.5. The molecule has 5 nitrogen and oxygen atoms in total. The Morgan fingerprint density at radius 2 is 1.59 bits per heavy atom. The van der Waals surface area contributed by atoms with Crippen molar-refractivity contribution in [3.8, 4) is 17.2 Å². The van der Waals surface area contributed by atoms with Crippen LogP contribution in [0.2, 0.25) is 0 Å². The zero-order valence-corrected chi connectivity index (χ0v) is 12.4. The first-order valence-corrected chi connectivity index (χ1v) is 4.61. The van der Waals surface area contributed by atoms with Gasteiger partial charge >= 0.3 is 29.6 Å². The molecule has 1 rings (SSSR count). The van der Waals surface area contributed by atoms with Crippen molar-refractivity contribution in [1.82, 2.24) is 0 Å². The number of carboxylic acids is 1. The molecule has 0 aliphatic rings. The Balaban J connectivity index is 0.00000256. The van der Waals surface area contributed by atoms with Crippen LogP contribution < -0.4 is 48.9 Å². The van der Waals surface area contributed by atoms with Crippen LogP contribution in [0.15, 0.2) is 12.1 Å². The van der Waals surface area contributed by atoms with Crippen molar-refractivity contribution in [2.45, 2.75) is 6.42 Å². The van der Waals surface area contributed by atoms with Crippen molar-refractivity contribution < 1.29 is 53.7 Å². The molecule has 0 aliphatic heterocycles. The molecular weight excluding hydrogens is 235 g/mol. The molecule has 1 aromatic carbocycles. The Hall–Kier alpha value is -0.910. The summed E-state index contributed by atoms with van der Waals surface area (Å²) in [4.78, 5) is 10.5. The topological polar surface area (TPSA) is 67.8 Å². The first kappa shape index (κ1) is 16.1. The van der Waals surface area contributed by atoms with Gasteiger partial charge in [-0.15, -0.1) is 0 Å². The fraction of sp³-hybridized carbons (Fsp3) is 0.364. The fourth-order valence-electron chi connectivity index (χ4n) is 1.40. The average molecular weight is 248 g/mol. The molecule has 0 aliphatic carbocycles. The Labute approximate surface area is 122 Å².